The number of hydrogen-bond acceptors (Lipinski definition) is 6. The SMILES string of the molecule is O=C(O)CCn1nnnc1CN1CCOCC1. The lowest BCUT2D eigenvalue weighted by atomic mass is 10.4. The third-order valence-corrected chi connectivity index (χ3v) is 2.61. The molecule has 1 aliphatic heterocycles. The van der Waals surface area contributed by atoms with Crippen LogP contribution in [0.25, 0.3) is 0 Å². The maximum Gasteiger partial charge on any atom is 0.305 e. The highest BCUT2D eigenvalue weighted by molar-refractivity contribution is 5.66. The van der Waals surface area contributed by atoms with E-state index in [-0.39, 0.29) is 6.42 Å². The zero-order valence-electron chi connectivity index (χ0n) is 9.45. The highest BCUT2D eigenvalue weighted by Crippen LogP contribution is 2.04. The number of ether oxygens (including phenoxy) is 1. The van der Waals surface area contributed by atoms with Crippen LogP contribution in [0.15, 0.2) is 0 Å². The number of aromatic nitrogens is 4. The van der Waals surface area contributed by atoms with Gasteiger partial charge in [-0.1, -0.05) is 0 Å². The van der Waals surface area contributed by atoms with Gasteiger partial charge in [-0.3, -0.25) is 9.69 Å². The average molecular weight is 241 g/mol. The zero-order valence-corrected chi connectivity index (χ0v) is 9.45. The van der Waals surface area contributed by atoms with E-state index in [1.54, 1.807) is 4.68 Å². The minimum Gasteiger partial charge on any atom is -0.481 e. The highest BCUT2D eigenvalue weighted by atomic mass is 16.5. The van der Waals surface area contributed by atoms with Gasteiger partial charge in [-0.2, -0.15) is 0 Å². The molecule has 0 bridgehead atoms. The Kier molecular flexibility index (Phi) is 3.99. The topological polar surface area (TPSA) is 93.4 Å². The monoisotopic (exact) mass is 241 g/mol. The van der Waals surface area contributed by atoms with Gasteiger partial charge in [0.15, 0.2) is 5.82 Å². The third kappa shape index (κ3) is 3.46. The lowest BCUT2D eigenvalue weighted by Crippen LogP contribution is -2.36. The number of carboxylic acid groups (broad SMARTS) is 1. The van der Waals surface area contributed by atoms with E-state index in [0.29, 0.717) is 18.9 Å². The summed E-state index contributed by atoms with van der Waals surface area (Å²) in [7, 11) is 0. The third-order valence-electron chi connectivity index (χ3n) is 2.61. The minimum atomic E-state index is -0.849. The molecule has 0 spiro atoms. The molecule has 2 heterocycles. The molecule has 8 heteroatoms. The summed E-state index contributed by atoms with van der Waals surface area (Å²) < 4.78 is 6.80. The molecule has 1 fully saturated rings. The number of aryl methyl sites for hydroxylation is 1. The van der Waals surface area contributed by atoms with E-state index < -0.39 is 5.97 Å². The van der Waals surface area contributed by atoms with E-state index in [9.17, 15) is 4.79 Å². The van der Waals surface area contributed by atoms with Crippen LogP contribution < -0.4 is 0 Å². The first-order valence-electron chi connectivity index (χ1n) is 5.52. The molecular weight excluding hydrogens is 226 g/mol. The quantitative estimate of drug-likeness (QED) is 0.705. The molecule has 0 aromatic carbocycles. The Morgan fingerprint density at radius 1 is 1.41 bits per heavy atom. The second-order valence-corrected chi connectivity index (χ2v) is 3.85. The van der Waals surface area contributed by atoms with Crippen LogP contribution in [0.5, 0.6) is 0 Å². The maximum absolute atomic E-state index is 10.5. The number of tetrazole rings is 1. The first kappa shape index (κ1) is 11.9. The molecule has 1 aromatic heterocycles. The van der Waals surface area contributed by atoms with Crippen LogP contribution in [0, 0.1) is 0 Å². The van der Waals surface area contributed by atoms with Gasteiger partial charge in [-0.05, 0) is 10.4 Å². The van der Waals surface area contributed by atoms with Gasteiger partial charge in [0.05, 0.1) is 32.7 Å². The van der Waals surface area contributed by atoms with Crippen molar-refractivity contribution in [3.8, 4) is 0 Å². The first-order valence-corrected chi connectivity index (χ1v) is 5.52. The molecule has 0 aliphatic carbocycles. The Bertz CT molecular complexity index is 374. The van der Waals surface area contributed by atoms with Crippen molar-refractivity contribution in [3.63, 3.8) is 0 Å². The van der Waals surface area contributed by atoms with E-state index >= 15 is 0 Å². The minimum absolute atomic E-state index is 0.0289. The largest absolute Gasteiger partial charge is 0.481 e. The molecule has 1 N–H and O–H groups in total. The molecule has 0 unspecified atom stereocenters. The Morgan fingerprint density at radius 3 is 2.88 bits per heavy atom. The molecule has 0 saturated carbocycles. The van der Waals surface area contributed by atoms with Crippen molar-refractivity contribution in [2.24, 2.45) is 0 Å². The van der Waals surface area contributed by atoms with Gasteiger partial charge in [0, 0.05) is 13.1 Å². The molecule has 0 amide bonds. The van der Waals surface area contributed by atoms with Crippen molar-refractivity contribution in [2.75, 3.05) is 26.3 Å². The molecule has 1 saturated heterocycles. The smallest absolute Gasteiger partial charge is 0.305 e. The summed E-state index contributed by atoms with van der Waals surface area (Å²) in [4.78, 5) is 12.7. The van der Waals surface area contributed by atoms with Crippen molar-refractivity contribution < 1.29 is 14.6 Å². The number of aliphatic carboxylic acids is 1. The fraction of sp³-hybridized carbons (Fsp3) is 0.778. The number of hydrogen-bond donors (Lipinski definition) is 1. The van der Waals surface area contributed by atoms with Gasteiger partial charge in [0.25, 0.3) is 0 Å². The second kappa shape index (κ2) is 5.69. The second-order valence-electron chi connectivity index (χ2n) is 3.85. The predicted molar refractivity (Wildman–Crippen MR) is 56.2 cm³/mol. The van der Waals surface area contributed by atoms with Gasteiger partial charge < -0.3 is 9.84 Å². The Morgan fingerprint density at radius 2 is 2.18 bits per heavy atom. The molecule has 2 rings (SSSR count). The molecule has 0 atom stereocenters. The lowest BCUT2D eigenvalue weighted by molar-refractivity contribution is -0.137. The average Bonchev–Trinajstić information content (AvgIpc) is 2.75. The van der Waals surface area contributed by atoms with Crippen LogP contribution in [0.4, 0.5) is 0 Å². The Balaban J connectivity index is 1.91. The van der Waals surface area contributed by atoms with Gasteiger partial charge in [-0.25, -0.2) is 4.68 Å². The van der Waals surface area contributed by atoms with Crippen molar-refractivity contribution in [3.05, 3.63) is 5.82 Å². The zero-order chi connectivity index (χ0) is 12.1. The summed E-state index contributed by atoms with van der Waals surface area (Å²) in [5.41, 5.74) is 0. The summed E-state index contributed by atoms with van der Waals surface area (Å²) in [5.74, 6) is -0.147. The van der Waals surface area contributed by atoms with Gasteiger partial charge in [0.1, 0.15) is 0 Å². The van der Waals surface area contributed by atoms with Crippen molar-refractivity contribution in [1.29, 1.82) is 0 Å². The van der Waals surface area contributed by atoms with E-state index in [0.717, 1.165) is 26.3 Å². The predicted octanol–water partition coefficient (Wildman–Crippen LogP) is -1.02. The molecule has 1 aliphatic rings. The fourth-order valence-electron chi connectivity index (χ4n) is 1.67. The number of rotatable bonds is 5. The van der Waals surface area contributed by atoms with Crippen molar-refractivity contribution in [2.45, 2.75) is 19.5 Å². The van der Waals surface area contributed by atoms with Crippen molar-refractivity contribution >= 4 is 5.97 Å². The highest BCUT2D eigenvalue weighted by Gasteiger charge is 2.15. The number of carbonyl (C=O) groups is 1. The van der Waals surface area contributed by atoms with E-state index in [4.69, 9.17) is 9.84 Å². The summed E-state index contributed by atoms with van der Waals surface area (Å²) in [6.07, 6.45) is 0.0289. The number of nitrogens with zero attached hydrogens (tertiary/aromatic N) is 5. The van der Waals surface area contributed by atoms with Crippen LogP contribution in [-0.2, 0) is 22.6 Å². The summed E-state index contributed by atoms with van der Waals surface area (Å²) in [6.45, 7) is 4.09. The van der Waals surface area contributed by atoms with E-state index in [1.807, 2.05) is 0 Å². The van der Waals surface area contributed by atoms with Crippen LogP contribution in [-0.4, -0.2) is 62.5 Å². The van der Waals surface area contributed by atoms with Crippen LogP contribution in [0.2, 0.25) is 0 Å². The first-order chi connectivity index (χ1) is 8.25. The Labute approximate surface area is 98.2 Å². The van der Waals surface area contributed by atoms with Crippen LogP contribution >= 0.6 is 0 Å². The number of morpholine rings is 1. The van der Waals surface area contributed by atoms with E-state index in [2.05, 4.69) is 20.4 Å². The molecule has 8 nitrogen and oxygen atoms in total. The van der Waals surface area contributed by atoms with Gasteiger partial charge in [0.2, 0.25) is 0 Å². The standard InChI is InChI=1S/C9H15N5O3/c15-9(16)1-2-14-8(10-11-12-14)7-13-3-5-17-6-4-13/h1-7H2,(H,15,16). The molecule has 0 radical (unpaired) electrons. The normalized spacial score (nSPS) is 17.2. The van der Waals surface area contributed by atoms with Crippen LogP contribution in [0.1, 0.15) is 12.2 Å². The number of carboxylic acids is 1. The maximum atomic E-state index is 10.5. The molecule has 94 valence electrons. The van der Waals surface area contributed by atoms with Crippen molar-refractivity contribution in [1.82, 2.24) is 25.1 Å². The van der Waals surface area contributed by atoms with E-state index in [1.165, 1.54) is 0 Å². The molecule has 1 aromatic rings. The Hall–Kier alpha value is -1.54. The molecular formula is C9H15N5O3. The fourth-order valence-corrected chi connectivity index (χ4v) is 1.67. The van der Waals surface area contributed by atoms with Gasteiger partial charge in [-0.15, -0.1) is 5.10 Å². The van der Waals surface area contributed by atoms with Crippen LogP contribution in [0.3, 0.4) is 0 Å². The van der Waals surface area contributed by atoms with Gasteiger partial charge >= 0.3 is 5.97 Å². The summed E-state index contributed by atoms with van der Waals surface area (Å²) in [6, 6.07) is 0. The summed E-state index contributed by atoms with van der Waals surface area (Å²) >= 11 is 0. The lowest BCUT2D eigenvalue weighted by Gasteiger charge is -2.25. The summed E-state index contributed by atoms with van der Waals surface area (Å²) in [5, 5.41) is 19.9. The molecule has 17 heavy (non-hydrogen) atoms.